The monoisotopic (exact) mass is 319 g/mol. The molecule has 0 aromatic carbocycles. The van der Waals surface area contributed by atoms with Gasteiger partial charge in [-0.3, -0.25) is 10.00 Å². The Labute approximate surface area is 136 Å². The summed E-state index contributed by atoms with van der Waals surface area (Å²) in [4.78, 5) is 6.90. The van der Waals surface area contributed by atoms with Crippen LogP contribution in [0.4, 0.5) is 0 Å². The third-order valence-electron chi connectivity index (χ3n) is 3.97. The summed E-state index contributed by atoms with van der Waals surface area (Å²) in [7, 11) is 0. The molecule has 1 aliphatic rings. The highest BCUT2D eigenvalue weighted by Gasteiger charge is 2.21. The van der Waals surface area contributed by atoms with Crippen LogP contribution < -0.4 is 0 Å². The van der Waals surface area contributed by atoms with Crippen LogP contribution in [0.15, 0.2) is 6.20 Å². The molecule has 1 fully saturated rings. The van der Waals surface area contributed by atoms with Crippen molar-refractivity contribution in [1.29, 1.82) is 0 Å². The minimum absolute atomic E-state index is 0.0608. The van der Waals surface area contributed by atoms with Crippen molar-refractivity contribution in [2.45, 2.75) is 52.2 Å². The first kappa shape index (κ1) is 16.1. The highest BCUT2D eigenvalue weighted by Crippen LogP contribution is 2.17. The number of morpholine rings is 1. The molecule has 0 bridgehead atoms. The Balaban J connectivity index is 1.62. The van der Waals surface area contributed by atoms with Gasteiger partial charge >= 0.3 is 0 Å². The van der Waals surface area contributed by atoms with Gasteiger partial charge in [0.15, 0.2) is 5.82 Å². The van der Waals surface area contributed by atoms with Crippen LogP contribution in [0.25, 0.3) is 0 Å². The molecule has 2 aromatic heterocycles. The number of nitrogens with zero attached hydrogens (tertiary/aromatic N) is 6. The molecule has 0 unspecified atom stereocenters. The van der Waals surface area contributed by atoms with Gasteiger partial charge in [-0.05, 0) is 6.92 Å². The first-order valence-electron chi connectivity index (χ1n) is 8.04. The van der Waals surface area contributed by atoms with Crippen molar-refractivity contribution < 1.29 is 4.74 Å². The van der Waals surface area contributed by atoms with E-state index in [-0.39, 0.29) is 5.41 Å². The van der Waals surface area contributed by atoms with Crippen LogP contribution in [0.5, 0.6) is 0 Å². The molecule has 0 aliphatic carbocycles. The summed E-state index contributed by atoms with van der Waals surface area (Å²) >= 11 is 0. The molecule has 0 spiro atoms. The summed E-state index contributed by atoms with van der Waals surface area (Å²) < 4.78 is 7.26. The fourth-order valence-electron chi connectivity index (χ4n) is 2.55. The average molecular weight is 319 g/mol. The Morgan fingerprint density at radius 2 is 2.17 bits per heavy atom. The van der Waals surface area contributed by atoms with Crippen LogP contribution in [-0.2, 0) is 23.2 Å². The average Bonchev–Trinajstić information content (AvgIpc) is 3.11. The highest BCUT2D eigenvalue weighted by molar-refractivity contribution is 5.03. The van der Waals surface area contributed by atoms with Crippen molar-refractivity contribution in [1.82, 2.24) is 35.1 Å². The maximum Gasteiger partial charge on any atom is 0.156 e. The van der Waals surface area contributed by atoms with E-state index >= 15 is 0 Å². The van der Waals surface area contributed by atoms with Gasteiger partial charge in [-0.25, -0.2) is 9.67 Å². The largest absolute Gasteiger partial charge is 0.379 e. The van der Waals surface area contributed by atoms with Crippen molar-refractivity contribution in [2.24, 2.45) is 0 Å². The van der Waals surface area contributed by atoms with Gasteiger partial charge < -0.3 is 4.74 Å². The van der Waals surface area contributed by atoms with E-state index in [4.69, 9.17) is 4.74 Å². The number of aromatic amines is 1. The third-order valence-corrected chi connectivity index (χ3v) is 3.97. The van der Waals surface area contributed by atoms with Gasteiger partial charge in [0, 0.05) is 24.5 Å². The zero-order valence-electron chi connectivity index (χ0n) is 14.3. The molecule has 3 heterocycles. The number of H-pyrrole nitrogens is 1. The topological polar surface area (TPSA) is 84.8 Å². The lowest BCUT2D eigenvalue weighted by molar-refractivity contribution is -0.00492. The summed E-state index contributed by atoms with van der Waals surface area (Å²) in [6, 6.07) is 0.414. The van der Waals surface area contributed by atoms with Gasteiger partial charge in [-0.1, -0.05) is 26.0 Å². The summed E-state index contributed by atoms with van der Waals surface area (Å²) in [5.74, 6) is 1.61. The zero-order valence-corrected chi connectivity index (χ0v) is 14.3. The molecule has 23 heavy (non-hydrogen) atoms. The van der Waals surface area contributed by atoms with Crippen molar-refractivity contribution in [3.05, 3.63) is 23.5 Å². The Kier molecular flexibility index (Phi) is 4.45. The number of rotatable bonds is 4. The minimum Gasteiger partial charge on any atom is -0.379 e. The molecule has 0 radical (unpaired) electrons. The van der Waals surface area contributed by atoms with Crippen molar-refractivity contribution in [2.75, 3.05) is 19.8 Å². The van der Waals surface area contributed by atoms with E-state index in [2.05, 4.69) is 58.1 Å². The molecule has 0 saturated carbocycles. The lowest BCUT2D eigenvalue weighted by atomic mass is 9.96. The predicted molar refractivity (Wildman–Crippen MR) is 84.9 cm³/mol. The quantitative estimate of drug-likeness (QED) is 0.903. The van der Waals surface area contributed by atoms with Crippen molar-refractivity contribution in [3.8, 4) is 0 Å². The van der Waals surface area contributed by atoms with Crippen LogP contribution in [0.1, 0.15) is 45.0 Å². The lowest BCUT2D eigenvalue weighted by Gasteiger charge is -2.32. The van der Waals surface area contributed by atoms with E-state index < -0.39 is 0 Å². The third kappa shape index (κ3) is 3.94. The summed E-state index contributed by atoms with van der Waals surface area (Å²) in [6.45, 7) is 12.3. The second-order valence-electron chi connectivity index (χ2n) is 7.16. The highest BCUT2D eigenvalue weighted by atomic mass is 16.5. The molecular weight excluding hydrogens is 294 g/mol. The second kappa shape index (κ2) is 6.37. The van der Waals surface area contributed by atoms with E-state index in [9.17, 15) is 0 Å². The Morgan fingerprint density at radius 1 is 1.35 bits per heavy atom. The van der Waals surface area contributed by atoms with Crippen molar-refractivity contribution >= 4 is 0 Å². The first-order chi connectivity index (χ1) is 10.9. The summed E-state index contributed by atoms with van der Waals surface area (Å²) in [5.41, 5.74) is 0.906. The van der Waals surface area contributed by atoms with Gasteiger partial charge in [0.2, 0.25) is 0 Å². The summed E-state index contributed by atoms with van der Waals surface area (Å²) in [6.07, 6.45) is 1.97. The van der Waals surface area contributed by atoms with Crippen LogP contribution in [-0.4, -0.2) is 60.9 Å². The predicted octanol–water partition coefficient (Wildman–Crippen LogP) is 0.963. The molecule has 1 atom stereocenters. The standard InChI is InChI=1S/C15H25N7O/c1-11-10-23-6-5-21(11)7-12-8-22(20-17-12)9-13-16-14(19-18-13)15(2,3)4/h8,11H,5-7,9-10H2,1-4H3,(H,16,18,19)/t11-/m1/s1. The Hall–Kier alpha value is -1.80. The number of hydrogen-bond acceptors (Lipinski definition) is 6. The smallest absolute Gasteiger partial charge is 0.156 e. The first-order valence-corrected chi connectivity index (χ1v) is 8.04. The van der Waals surface area contributed by atoms with Gasteiger partial charge in [-0.15, -0.1) is 5.10 Å². The SMILES string of the molecule is C[C@@H]1COCCN1Cc1cn(Cc2nc(C(C)(C)C)n[nH]2)nn1. The van der Waals surface area contributed by atoms with Crippen LogP contribution in [0.3, 0.4) is 0 Å². The molecule has 1 aliphatic heterocycles. The second-order valence-corrected chi connectivity index (χ2v) is 7.16. The molecule has 126 valence electrons. The number of nitrogens with one attached hydrogen (secondary N) is 1. The normalized spacial score (nSPS) is 20.1. The van der Waals surface area contributed by atoms with E-state index in [0.29, 0.717) is 12.6 Å². The lowest BCUT2D eigenvalue weighted by Crippen LogP contribution is -2.42. The maximum atomic E-state index is 5.46. The molecule has 3 rings (SSSR count). The molecule has 8 heteroatoms. The number of aromatic nitrogens is 6. The van der Waals surface area contributed by atoms with Gasteiger partial charge in [0.25, 0.3) is 0 Å². The van der Waals surface area contributed by atoms with Crippen molar-refractivity contribution in [3.63, 3.8) is 0 Å². The molecule has 2 aromatic rings. The van der Waals surface area contributed by atoms with Crippen LogP contribution in [0, 0.1) is 0 Å². The Morgan fingerprint density at radius 3 is 2.87 bits per heavy atom. The summed E-state index contributed by atoms with van der Waals surface area (Å²) in [5, 5.41) is 15.7. The minimum atomic E-state index is -0.0608. The molecule has 1 saturated heterocycles. The van der Waals surface area contributed by atoms with E-state index in [0.717, 1.165) is 43.6 Å². The molecule has 1 N–H and O–H groups in total. The number of ether oxygens (including phenoxy) is 1. The molecular formula is C15H25N7O. The Bertz CT molecular complexity index is 642. The van der Waals surface area contributed by atoms with Gasteiger partial charge in [-0.2, -0.15) is 5.10 Å². The van der Waals surface area contributed by atoms with E-state index in [1.165, 1.54) is 0 Å². The maximum absolute atomic E-state index is 5.46. The van der Waals surface area contributed by atoms with E-state index in [1.807, 2.05) is 6.20 Å². The van der Waals surface area contributed by atoms with Crippen LogP contribution in [0.2, 0.25) is 0 Å². The molecule has 8 nitrogen and oxygen atoms in total. The fourth-order valence-corrected chi connectivity index (χ4v) is 2.55. The van der Waals surface area contributed by atoms with Gasteiger partial charge in [0.05, 0.1) is 25.1 Å². The fraction of sp³-hybridized carbons (Fsp3) is 0.733. The van der Waals surface area contributed by atoms with Crippen LogP contribution >= 0.6 is 0 Å². The van der Waals surface area contributed by atoms with Gasteiger partial charge in [0.1, 0.15) is 12.4 Å². The zero-order chi connectivity index (χ0) is 16.4. The molecule has 0 amide bonds. The number of hydrogen-bond donors (Lipinski definition) is 1. The van der Waals surface area contributed by atoms with E-state index in [1.54, 1.807) is 4.68 Å².